The highest BCUT2D eigenvalue weighted by Gasteiger charge is 2.24. The molecule has 0 saturated carbocycles. The first-order valence-corrected chi connectivity index (χ1v) is 8.32. The molecule has 2 unspecified atom stereocenters. The van der Waals surface area contributed by atoms with Crippen molar-refractivity contribution >= 4 is 11.3 Å². The third kappa shape index (κ3) is 3.64. The van der Waals surface area contributed by atoms with Crippen LogP contribution >= 0.6 is 11.3 Å². The van der Waals surface area contributed by atoms with Crippen LogP contribution < -0.4 is 5.32 Å². The molecule has 6 nitrogen and oxygen atoms in total. The van der Waals surface area contributed by atoms with Crippen molar-refractivity contribution < 1.29 is 5.11 Å². The van der Waals surface area contributed by atoms with Gasteiger partial charge in [0.15, 0.2) is 0 Å². The summed E-state index contributed by atoms with van der Waals surface area (Å²) >= 11 is 1.59. The maximum Gasteiger partial charge on any atom is 0.143 e. The van der Waals surface area contributed by atoms with Crippen LogP contribution in [0.5, 0.6) is 0 Å². The van der Waals surface area contributed by atoms with Crippen molar-refractivity contribution in [2.75, 3.05) is 6.54 Å². The van der Waals surface area contributed by atoms with E-state index in [0.717, 1.165) is 16.8 Å². The first-order valence-electron chi connectivity index (χ1n) is 7.38. The fraction of sp³-hybridized carbons (Fsp3) is 0.312. The Morgan fingerprint density at radius 1 is 1.30 bits per heavy atom. The van der Waals surface area contributed by atoms with Crippen LogP contribution in [0.25, 0.3) is 5.69 Å². The molecule has 2 aromatic heterocycles. The number of benzene rings is 1. The highest BCUT2D eigenvalue weighted by atomic mass is 32.1. The fourth-order valence-corrected chi connectivity index (χ4v) is 3.12. The fourth-order valence-electron chi connectivity index (χ4n) is 2.34. The maximum absolute atomic E-state index is 10.6. The van der Waals surface area contributed by atoms with E-state index in [2.05, 4.69) is 27.8 Å². The van der Waals surface area contributed by atoms with E-state index in [1.54, 1.807) is 22.3 Å². The number of nitrogens with zero attached hydrogens (tertiary/aromatic N) is 4. The lowest BCUT2D eigenvalue weighted by Gasteiger charge is -2.25. The summed E-state index contributed by atoms with van der Waals surface area (Å²) in [6.45, 7) is 4.39. The van der Waals surface area contributed by atoms with Crippen molar-refractivity contribution in [1.82, 2.24) is 25.5 Å². The van der Waals surface area contributed by atoms with Gasteiger partial charge in [-0.2, -0.15) is 11.3 Å². The van der Waals surface area contributed by atoms with Crippen LogP contribution in [-0.2, 0) is 5.60 Å². The number of thiophene rings is 1. The normalized spacial score (nSPS) is 15.3. The topological polar surface area (TPSA) is 75.9 Å². The van der Waals surface area contributed by atoms with Gasteiger partial charge < -0.3 is 10.4 Å². The van der Waals surface area contributed by atoms with Crippen LogP contribution in [0.4, 0.5) is 0 Å². The van der Waals surface area contributed by atoms with Gasteiger partial charge in [0.2, 0.25) is 0 Å². The maximum atomic E-state index is 10.6. The monoisotopic (exact) mass is 329 g/mol. The van der Waals surface area contributed by atoms with Crippen LogP contribution in [-0.4, -0.2) is 31.9 Å². The van der Waals surface area contributed by atoms with E-state index in [-0.39, 0.29) is 6.04 Å². The van der Waals surface area contributed by atoms with Gasteiger partial charge in [-0.1, -0.05) is 12.1 Å². The van der Waals surface area contributed by atoms with Crippen molar-refractivity contribution in [1.29, 1.82) is 0 Å². The molecule has 0 bridgehead atoms. The predicted molar refractivity (Wildman–Crippen MR) is 89.5 cm³/mol. The standard InChI is InChI=1S/C16H19N5OS/c1-12(17-10-16(2,22)14-7-8-23-9-14)13-3-5-15(6-4-13)21-11-18-19-20-21/h3-9,11-12,17,22H,10H2,1-2H3. The Morgan fingerprint density at radius 2 is 2.09 bits per heavy atom. The van der Waals surface area contributed by atoms with Gasteiger partial charge in [-0.15, -0.1) is 5.10 Å². The van der Waals surface area contributed by atoms with E-state index < -0.39 is 5.60 Å². The average molecular weight is 329 g/mol. The van der Waals surface area contributed by atoms with E-state index in [1.807, 2.05) is 48.0 Å². The molecule has 23 heavy (non-hydrogen) atoms. The van der Waals surface area contributed by atoms with Gasteiger partial charge in [-0.3, -0.25) is 0 Å². The summed E-state index contributed by atoms with van der Waals surface area (Å²) in [5.41, 5.74) is 2.12. The molecule has 0 spiro atoms. The van der Waals surface area contributed by atoms with Gasteiger partial charge in [-0.05, 0) is 64.4 Å². The summed E-state index contributed by atoms with van der Waals surface area (Å²) in [5, 5.41) is 29.0. The first kappa shape index (κ1) is 15.8. The molecule has 120 valence electrons. The Labute approximate surface area is 138 Å². The molecule has 0 amide bonds. The van der Waals surface area contributed by atoms with Crippen LogP contribution in [0.2, 0.25) is 0 Å². The summed E-state index contributed by atoms with van der Waals surface area (Å²) < 4.78 is 1.61. The smallest absolute Gasteiger partial charge is 0.143 e. The van der Waals surface area contributed by atoms with Crippen molar-refractivity contribution in [2.24, 2.45) is 0 Å². The largest absolute Gasteiger partial charge is 0.384 e. The molecular formula is C16H19N5OS. The minimum atomic E-state index is -0.874. The predicted octanol–water partition coefficient (Wildman–Crippen LogP) is 2.28. The van der Waals surface area contributed by atoms with Crippen molar-refractivity contribution in [2.45, 2.75) is 25.5 Å². The summed E-state index contributed by atoms with van der Waals surface area (Å²) in [6.07, 6.45) is 1.56. The molecule has 2 atom stereocenters. The highest BCUT2D eigenvalue weighted by molar-refractivity contribution is 7.08. The number of aromatic nitrogens is 4. The lowest BCUT2D eigenvalue weighted by Crippen LogP contribution is -2.36. The zero-order chi connectivity index (χ0) is 16.3. The quantitative estimate of drug-likeness (QED) is 0.725. The Morgan fingerprint density at radius 3 is 2.70 bits per heavy atom. The molecule has 2 N–H and O–H groups in total. The van der Waals surface area contributed by atoms with Crippen molar-refractivity contribution in [3.05, 3.63) is 58.5 Å². The van der Waals surface area contributed by atoms with Crippen LogP contribution in [0.15, 0.2) is 47.4 Å². The second-order valence-corrected chi connectivity index (χ2v) is 6.51. The molecule has 2 heterocycles. The number of rotatable bonds is 6. The molecule has 0 aliphatic carbocycles. The lowest BCUT2D eigenvalue weighted by atomic mass is 9.98. The molecule has 3 rings (SSSR count). The molecule has 0 fully saturated rings. The van der Waals surface area contributed by atoms with E-state index >= 15 is 0 Å². The summed E-state index contributed by atoms with van der Waals surface area (Å²) in [6, 6.07) is 10.1. The van der Waals surface area contributed by atoms with Crippen LogP contribution in [0, 0.1) is 0 Å². The number of nitrogens with one attached hydrogen (secondary N) is 1. The second kappa shape index (κ2) is 6.57. The molecule has 7 heteroatoms. The van der Waals surface area contributed by atoms with Crippen LogP contribution in [0.1, 0.15) is 31.0 Å². The van der Waals surface area contributed by atoms with Crippen molar-refractivity contribution in [3.63, 3.8) is 0 Å². The van der Waals surface area contributed by atoms with Gasteiger partial charge in [-0.25, -0.2) is 4.68 Å². The van der Waals surface area contributed by atoms with Gasteiger partial charge in [0.1, 0.15) is 11.9 Å². The number of hydrogen-bond donors (Lipinski definition) is 2. The van der Waals surface area contributed by atoms with E-state index in [4.69, 9.17) is 0 Å². The average Bonchev–Trinajstić information content (AvgIpc) is 3.26. The molecule has 0 aliphatic heterocycles. The Bertz CT molecular complexity index is 722. The Balaban J connectivity index is 1.63. The molecule has 3 aromatic rings. The van der Waals surface area contributed by atoms with Gasteiger partial charge >= 0.3 is 0 Å². The Kier molecular flexibility index (Phi) is 4.51. The number of hydrogen-bond acceptors (Lipinski definition) is 6. The van der Waals surface area contributed by atoms with Crippen LogP contribution in [0.3, 0.4) is 0 Å². The minimum Gasteiger partial charge on any atom is -0.384 e. The Hall–Kier alpha value is -2.09. The third-order valence-corrected chi connectivity index (χ3v) is 4.59. The number of tetrazole rings is 1. The number of aliphatic hydroxyl groups is 1. The molecule has 0 saturated heterocycles. The molecule has 1 aromatic carbocycles. The van der Waals surface area contributed by atoms with Gasteiger partial charge in [0, 0.05) is 12.6 Å². The third-order valence-electron chi connectivity index (χ3n) is 3.90. The van der Waals surface area contributed by atoms with E-state index in [1.165, 1.54) is 0 Å². The van der Waals surface area contributed by atoms with E-state index in [0.29, 0.717) is 6.54 Å². The minimum absolute atomic E-state index is 0.128. The molecular weight excluding hydrogens is 310 g/mol. The zero-order valence-electron chi connectivity index (χ0n) is 13.0. The highest BCUT2D eigenvalue weighted by Crippen LogP contribution is 2.23. The van der Waals surface area contributed by atoms with Crippen molar-refractivity contribution in [3.8, 4) is 5.69 Å². The second-order valence-electron chi connectivity index (χ2n) is 5.73. The molecule has 0 radical (unpaired) electrons. The zero-order valence-corrected chi connectivity index (χ0v) is 13.9. The first-order chi connectivity index (χ1) is 11.1. The molecule has 0 aliphatic rings. The van der Waals surface area contributed by atoms with Gasteiger partial charge in [0.05, 0.1) is 5.69 Å². The van der Waals surface area contributed by atoms with Gasteiger partial charge in [0.25, 0.3) is 0 Å². The summed E-state index contributed by atoms with van der Waals surface area (Å²) in [5.74, 6) is 0. The SMILES string of the molecule is CC(NCC(C)(O)c1ccsc1)c1ccc(-n2cnnn2)cc1. The summed E-state index contributed by atoms with van der Waals surface area (Å²) in [4.78, 5) is 0. The summed E-state index contributed by atoms with van der Waals surface area (Å²) in [7, 11) is 0. The van der Waals surface area contributed by atoms with E-state index in [9.17, 15) is 5.11 Å². The lowest BCUT2D eigenvalue weighted by molar-refractivity contribution is 0.0548.